The van der Waals surface area contributed by atoms with Crippen molar-refractivity contribution in [2.45, 2.75) is 95.1 Å². The van der Waals surface area contributed by atoms with Crippen LogP contribution in [0.15, 0.2) is 150 Å². The van der Waals surface area contributed by atoms with Gasteiger partial charge in [-0.15, -0.1) is 4.95 Å². The maximum Gasteiger partial charge on any atom is 0.187 e. The molecule has 0 bridgehead atoms. The van der Waals surface area contributed by atoms with Crippen LogP contribution in [0, 0.1) is 19.7 Å². The molecule has 2 aliphatic carbocycles. The van der Waals surface area contributed by atoms with Gasteiger partial charge >= 0.3 is 0 Å². The second-order valence-electron chi connectivity index (χ2n) is 18.4. The predicted octanol–water partition coefficient (Wildman–Crippen LogP) is 14.8. The Labute approximate surface area is 395 Å². The first-order valence-electron chi connectivity index (χ1n) is 23.0. The first-order valence-corrected chi connectivity index (χ1v) is 26.4. The molecule has 2 heterocycles. The van der Waals surface area contributed by atoms with Crippen molar-refractivity contribution in [3.05, 3.63) is 208 Å². The molecule has 4 aliphatic rings. The Morgan fingerprint density at radius 3 is 1.60 bits per heavy atom. The van der Waals surface area contributed by atoms with E-state index in [1.54, 1.807) is 12.1 Å². The van der Waals surface area contributed by atoms with Crippen molar-refractivity contribution < 1.29 is 14.3 Å². The lowest BCUT2D eigenvalue weighted by Gasteiger charge is -2.35. The van der Waals surface area contributed by atoms with Crippen LogP contribution in [0.1, 0.15) is 88.5 Å². The molecule has 0 aromatic heterocycles. The average Bonchev–Trinajstić information content (AvgIpc) is 3.36. The van der Waals surface area contributed by atoms with Crippen LogP contribution in [-0.2, 0) is 12.8 Å². The first-order chi connectivity index (χ1) is 32.5. The van der Waals surface area contributed by atoms with Gasteiger partial charge in [-0.1, -0.05) is 97.1 Å². The molecule has 8 nitrogen and oxygen atoms in total. The van der Waals surface area contributed by atoms with E-state index in [9.17, 15) is 4.79 Å². The van der Waals surface area contributed by atoms with Crippen LogP contribution in [0.4, 0.5) is 11.4 Å². The molecule has 0 fully saturated rings. The summed E-state index contributed by atoms with van der Waals surface area (Å²) in [6, 6.07) is 44.1. The number of nitrogens with zero attached hydrogens (tertiary/aromatic N) is 5. The normalized spacial score (nSPS) is 19.3. The zero-order valence-corrected chi connectivity index (χ0v) is 39.3. The van der Waals surface area contributed by atoms with Crippen molar-refractivity contribution in [1.29, 1.82) is 0 Å². The Balaban J connectivity index is 0.000000160. The predicted molar refractivity (Wildman–Crippen MR) is 272 cm³/mol. The highest BCUT2D eigenvalue weighted by molar-refractivity contribution is 6.75. The lowest BCUT2D eigenvalue weighted by Crippen LogP contribution is -2.34. The lowest BCUT2D eigenvalue weighted by molar-refractivity contribution is 0.0794. The highest BCUT2D eigenvalue weighted by Gasteiger charge is 2.37. The molecule has 0 saturated carbocycles. The minimum Gasteiger partial charge on any atom is -0.489 e. The van der Waals surface area contributed by atoms with Crippen molar-refractivity contribution in [3.63, 3.8) is 0 Å². The second kappa shape index (κ2) is 20.7. The van der Waals surface area contributed by atoms with Crippen molar-refractivity contribution in [2.24, 2.45) is 9.76 Å². The van der Waals surface area contributed by atoms with E-state index in [-0.39, 0.29) is 23.9 Å². The standard InChI is InChI=1S/C27H21N3O.C26H21NO2.C5H11NSi/c1-28-21-10-5-9-19(15-21)20-13-14-26-24(16-20)25(30-29-2)17-27(31-26)23-12-6-8-18-7-3-4-11-22(18)23;1-27-20-9-4-8-18(14-20)19-12-13-25-23(15-19)24(28)16-26(29-25)22-11-5-7-17-6-2-3-10-21(17)22;1-5-6-7(2,3)4/h3-5,7,9-11,13-16,23,27H,6,8,12,17H2;2-4,6,8-10,12-15,22,26H,5,7,11,16H2;1H2,2-4H3/b30-25-;;. The van der Waals surface area contributed by atoms with E-state index in [2.05, 4.69) is 105 Å². The summed E-state index contributed by atoms with van der Waals surface area (Å²) in [4.78, 5) is 23.4. The van der Waals surface area contributed by atoms with Crippen LogP contribution in [-0.4, -0.2) is 37.8 Å². The molecule has 4 unspecified atom stereocenters. The number of ether oxygens (including phenoxy) is 2. The molecule has 2 aliphatic heterocycles. The fourth-order valence-electron chi connectivity index (χ4n) is 9.78. The molecule has 0 amide bonds. The van der Waals surface area contributed by atoms with Crippen LogP contribution < -0.4 is 9.47 Å². The Hall–Kier alpha value is -7.60. The summed E-state index contributed by atoms with van der Waals surface area (Å²) in [7, 11) is -1.21. The quantitative estimate of drug-likeness (QED) is 0.0749. The van der Waals surface area contributed by atoms with Crippen molar-refractivity contribution in [3.8, 4) is 33.8 Å². The maximum absolute atomic E-state index is 13.0. The molecule has 9 heteroatoms. The summed E-state index contributed by atoms with van der Waals surface area (Å²) in [5.41, 5.74) is 12.9. The van der Waals surface area contributed by atoms with Crippen LogP contribution in [0.2, 0.25) is 19.6 Å². The maximum atomic E-state index is 13.0. The van der Waals surface area contributed by atoms with Crippen LogP contribution in [0.25, 0.3) is 36.9 Å². The molecule has 0 spiro atoms. The van der Waals surface area contributed by atoms with E-state index < -0.39 is 8.24 Å². The minimum absolute atomic E-state index is 0.0225. The van der Waals surface area contributed by atoms with Crippen LogP contribution in [0.3, 0.4) is 0 Å². The molecule has 332 valence electrons. The van der Waals surface area contributed by atoms with Crippen LogP contribution >= 0.6 is 0 Å². The smallest absolute Gasteiger partial charge is 0.187 e. The van der Waals surface area contributed by atoms with E-state index in [0.717, 1.165) is 77.8 Å². The zero-order valence-electron chi connectivity index (χ0n) is 38.3. The summed E-state index contributed by atoms with van der Waals surface area (Å²) in [5, 5.41) is 4.17. The number of carbonyl (C=O) groups excluding carboxylic acids is 1. The first kappa shape index (κ1) is 45.9. The molecular weight excluding hydrogens is 843 g/mol. The van der Waals surface area contributed by atoms with Gasteiger partial charge in [-0.25, -0.2) is 9.69 Å². The largest absolute Gasteiger partial charge is 0.489 e. The highest BCUT2D eigenvalue weighted by atomic mass is 28.3. The summed E-state index contributed by atoms with van der Waals surface area (Å²) in [6.45, 7) is 31.6. The molecule has 6 aromatic rings. The number of hydrogen-bond acceptors (Lipinski definition) is 5. The third-order valence-electron chi connectivity index (χ3n) is 12.8. The number of carbonyl (C=O) groups is 1. The Morgan fingerprint density at radius 1 is 0.612 bits per heavy atom. The molecule has 0 saturated heterocycles. The van der Waals surface area contributed by atoms with Crippen molar-refractivity contribution in [1.82, 2.24) is 0 Å². The summed E-state index contributed by atoms with van der Waals surface area (Å²) < 4.78 is 16.9. The molecule has 4 atom stereocenters. The van der Waals surface area contributed by atoms with Crippen molar-refractivity contribution in [2.75, 3.05) is 0 Å². The summed E-state index contributed by atoms with van der Waals surface area (Å²) >= 11 is 0. The monoisotopic (exact) mass is 895 g/mol. The number of rotatable bonds is 5. The number of hydrogen-bond donors (Lipinski definition) is 0. The third-order valence-corrected chi connectivity index (χ3v) is 13.7. The lowest BCUT2D eigenvalue weighted by atomic mass is 9.77. The number of fused-ring (bicyclic) bond motifs is 4. The fourth-order valence-corrected chi connectivity index (χ4v) is 10.3. The van der Waals surface area contributed by atoms with E-state index in [1.165, 1.54) is 22.3 Å². The Kier molecular flexibility index (Phi) is 14.2. The Morgan fingerprint density at radius 2 is 1.10 bits per heavy atom. The van der Waals surface area contributed by atoms with Gasteiger partial charge in [0.25, 0.3) is 0 Å². The number of aryl methyl sites for hydroxylation is 2. The third kappa shape index (κ3) is 10.8. The van der Waals surface area contributed by atoms with E-state index in [1.807, 2.05) is 72.8 Å². The summed E-state index contributed by atoms with van der Waals surface area (Å²) in [5.74, 6) is 4.73. The topological polar surface area (TPSA) is 73.3 Å². The van der Waals surface area contributed by atoms with Gasteiger partial charge in [0.2, 0.25) is 0 Å². The van der Waals surface area contributed by atoms with Gasteiger partial charge in [0.1, 0.15) is 29.4 Å². The summed E-state index contributed by atoms with van der Waals surface area (Å²) in [6.07, 6.45) is 7.58. The number of Topliss-reactive ketones (excluding diaryl/α,β-unsaturated/α-hetero) is 1. The van der Waals surface area contributed by atoms with E-state index in [4.69, 9.17) is 29.2 Å². The molecule has 0 N–H and O–H groups in total. The van der Waals surface area contributed by atoms with Gasteiger partial charge in [-0.05, 0) is 152 Å². The van der Waals surface area contributed by atoms with Gasteiger partial charge in [0.05, 0.1) is 23.8 Å². The Bertz CT molecular complexity index is 3030. The van der Waals surface area contributed by atoms with Gasteiger partial charge in [-0.3, -0.25) is 9.45 Å². The second-order valence-corrected chi connectivity index (χ2v) is 22.9. The van der Waals surface area contributed by atoms with E-state index >= 15 is 0 Å². The fraction of sp³-hybridized carbons (Fsp3) is 0.259. The molecule has 0 radical (unpaired) electrons. The number of benzene rings is 6. The van der Waals surface area contributed by atoms with Crippen molar-refractivity contribution >= 4 is 37.0 Å². The average molecular weight is 896 g/mol. The number of ketones is 1. The SMILES string of the molecule is C=C=N[Si](C)(C)C.[C-]#[N+]/N=C1/CC(C2CCCc3ccccc32)Oc2ccc(-c3cccc([N+]#[C-])c3)cc21.[C-]#[N+]c1cccc(-c2ccc3c(c2)C(=O)CC(C2CCCc4ccccc42)O3)c1. The van der Waals surface area contributed by atoms with Gasteiger partial charge in [0, 0.05) is 30.2 Å². The highest BCUT2D eigenvalue weighted by Crippen LogP contribution is 2.43. The van der Waals surface area contributed by atoms with Gasteiger partial charge in [0.15, 0.2) is 25.4 Å². The molecule has 10 rings (SSSR count). The van der Waals surface area contributed by atoms with Gasteiger partial charge < -0.3 is 9.47 Å². The van der Waals surface area contributed by atoms with Crippen LogP contribution in [0.5, 0.6) is 11.5 Å². The minimum atomic E-state index is -1.21. The molecule has 67 heavy (non-hydrogen) atoms. The van der Waals surface area contributed by atoms with E-state index in [0.29, 0.717) is 41.4 Å². The molecular formula is C58H53N5O3Si. The van der Waals surface area contributed by atoms with Gasteiger partial charge in [-0.2, -0.15) is 6.57 Å². The molecule has 6 aromatic carbocycles. The zero-order chi connectivity index (χ0) is 46.9.